The molecule has 0 N–H and O–H groups in total. The van der Waals surface area contributed by atoms with E-state index in [4.69, 9.17) is 4.42 Å². The van der Waals surface area contributed by atoms with E-state index in [1.54, 1.807) is 0 Å². The minimum absolute atomic E-state index is 0.898. The Bertz CT molecular complexity index is 3610. The van der Waals surface area contributed by atoms with Gasteiger partial charge in [-0.25, -0.2) is 0 Å². The lowest BCUT2D eigenvalue weighted by Gasteiger charge is -2.28. The largest absolute Gasteiger partial charge is 0.456 e. The van der Waals surface area contributed by atoms with Gasteiger partial charge in [0.15, 0.2) is 0 Å². The topological polar surface area (TPSA) is 16.4 Å². The van der Waals surface area contributed by atoms with Gasteiger partial charge in [0.05, 0.1) is 5.69 Å². The van der Waals surface area contributed by atoms with E-state index >= 15 is 0 Å². The standard InChI is InChI=1S/C60H39NO/c1-3-14-50-41(11-1)13-9-18-51(50)43-31-35-48(36-32-43)61(49-37-33-45(34-38-49)54-19-10-22-59-60(54)55-17-6-8-21-58(55)62-59)57-20-7-5-16-53(57)44-25-23-40(24-26-44)47-30-29-46-28-27-42-12-2-4-15-52(42)56(46)39-47/h1-39H. The highest BCUT2D eigenvalue weighted by molar-refractivity contribution is 6.12. The number of hydrogen-bond donors (Lipinski definition) is 0. The molecule has 62 heavy (non-hydrogen) atoms. The molecule has 0 unspecified atom stereocenters. The maximum absolute atomic E-state index is 6.27. The van der Waals surface area contributed by atoms with Crippen LogP contribution in [0, 0.1) is 0 Å². The Labute approximate surface area is 360 Å². The SMILES string of the molecule is c1ccc(N(c2ccc(-c3cccc4ccccc34)cc2)c2ccc(-c3cccc4oc5ccccc5c34)cc2)c(-c2ccc(-c3ccc4ccc5ccccc5c4c3)cc2)c1. The van der Waals surface area contributed by atoms with Crippen molar-refractivity contribution in [2.45, 2.75) is 0 Å². The summed E-state index contributed by atoms with van der Waals surface area (Å²) in [5, 5.41) is 9.83. The molecular formula is C60H39NO. The van der Waals surface area contributed by atoms with E-state index in [2.05, 4.69) is 229 Å². The van der Waals surface area contributed by atoms with Gasteiger partial charge >= 0.3 is 0 Å². The molecule has 12 rings (SSSR count). The summed E-state index contributed by atoms with van der Waals surface area (Å²) in [5.74, 6) is 0. The van der Waals surface area contributed by atoms with Crippen molar-refractivity contribution in [1.82, 2.24) is 0 Å². The van der Waals surface area contributed by atoms with Gasteiger partial charge in [-0.3, -0.25) is 0 Å². The lowest BCUT2D eigenvalue weighted by molar-refractivity contribution is 0.669. The van der Waals surface area contributed by atoms with Crippen LogP contribution in [0.5, 0.6) is 0 Å². The third-order valence-electron chi connectivity index (χ3n) is 12.5. The predicted molar refractivity (Wildman–Crippen MR) is 263 cm³/mol. The van der Waals surface area contributed by atoms with Gasteiger partial charge < -0.3 is 9.32 Å². The third kappa shape index (κ3) is 6.12. The lowest BCUT2D eigenvalue weighted by Crippen LogP contribution is -2.11. The van der Waals surface area contributed by atoms with Crippen molar-refractivity contribution in [3.8, 4) is 44.5 Å². The maximum atomic E-state index is 6.27. The third-order valence-corrected chi connectivity index (χ3v) is 12.5. The second kappa shape index (κ2) is 14.8. The minimum atomic E-state index is 0.898. The van der Waals surface area contributed by atoms with E-state index in [-0.39, 0.29) is 0 Å². The molecule has 0 aliphatic heterocycles. The zero-order chi connectivity index (χ0) is 41.0. The smallest absolute Gasteiger partial charge is 0.136 e. The van der Waals surface area contributed by atoms with Crippen molar-refractivity contribution < 1.29 is 4.42 Å². The van der Waals surface area contributed by atoms with Crippen LogP contribution in [0.2, 0.25) is 0 Å². The van der Waals surface area contributed by atoms with E-state index in [9.17, 15) is 0 Å². The Kier molecular flexibility index (Phi) is 8.53. The summed E-state index contributed by atoms with van der Waals surface area (Å²) < 4.78 is 6.27. The first kappa shape index (κ1) is 35.7. The van der Waals surface area contributed by atoms with Crippen molar-refractivity contribution in [2.75, 3.05) is 4.90 Å². The summed E-state index contributed by atoms with van der Waals surface area (Å²) in [5.41, 5.74) is 14.5. The Balaban J connectivity index is 0.959. The molecular weight excluding hydrogens is 751 g/mol. The van der Waals surface area contributed by atoms with Crippen LogP contribution in [-0.2, 0) is 0 Å². The maximum Gasteiger partial charge on any atom is 0.136 e. The van der Waals surface area contributed by atoms with E-state index in [0.717, 1.165) is 61.3 Å². The molecule has 2 heteroatoms. The lowest BCUT2D eigenvalue weighted by atomic mass is 9.95. The quantitative estimate of drug-likeness (QED) is 0.150. The van der Waals surface area contributed by atoms with Crippen molar-refractivity contribution in [3.05, 3.63) is 237 Å². The Morgan fingerprint density at radius 3 is 1.52 bits per heavy atom. The molecule has 0 aliphatic rings. The van der Waals surface area contributed by atoms with Gasteiger partial charge in [0.1, 0.15) is 11.2 Å². The van der Waals surface area contributed by atoms with Gasteiger partial charge in [0, 0.05) is 27.7 Å². The number of furan rings is 1. The number of nitrogens with zero attached hydrogens (tertiary/aromatic N) is 1. The summed E-state index contributed by atoms with van der Waals surface area (Å²) in [4.78, 5) is 2.39. The average molecular weight is 790 g/mol. The molecule has 0 saturated heterocycles. The Hall–Kier alpha value is -8.20. The molecule has 0 radical (unpaired) electrons. The monoisotopic (exact) mass is 789 g/mol. The molecule has 0 atom stereocenters. The Morgan fingerprint density at radius 1 is 0.274 bits per heavy atom. The molecule has 0 saturated carbocycles. The van der Waals surface area contributed by atoms with Crippen LogP contribution in [0.15, 0.2) is 241 Å². The summed E-state index contributed by atoms with van der Waals surface area (Å²) in [6.45, 7) is 0. The number of anilines is 3. The summed E-state index contributed by atoms with van der Waals surface area (Å²) in [6, 6.07) is 85.5. The molecule has 0 spiro atoms. The zero-order valence-electron chi connectivity index (χ0n) is 33.9. The molecule has 0 fully saturated rings. The number of hydrogen-bond acceptors (Lipinski definition) is 2. The average Bonchev–Trinajstić information content (AvgIpc) is 3.74. The summed E-state index contributed by atoms with van der Waals surface area (Å²) in [7, 11) is 0. The molecule has 2 nitrogen and oxygen atoms in total. The van der Waals surface area contributed by atoms with Crippen LogP contribution in [0.1, 0.15) is 0 Å². The fourth-order valence-electron chi connectivity index (χ4n) is 9.44. The highest BCUT2D eigenvalue weighted by atomic mass is 16.3. The van der Waals surface area contributed by atoms with Crippen molar-refractivity contribution >= 4 is 71.3 Å². The number of benzene rings is 11. The molecule has 290 valence electrons. The van der Waals surface area contributed by atoms with E-state index < -0.39 is 0 Å². The van der Waals surface area contributed by atoms with E-state index in [0.29, 0.717) is 0 Å². The van der Waals surface area contributed by atoms with Gasteiger partial charge in [0.25, 0.3) is 0 Å². The van der Waals surface area contributed by atoms with Gasteiger partial charge in [-0.05, 0) is 120 Å². The zero-order valence-corrected chi connectivity index (χ0v) is 33.9. The van der Waals surface area contributed by atoms with Crippen LogP contribution < -0.4 is 4.90 Å². The van der Waals surface area contributed by atoms with E-state index in [1.807, 2.05) is 12.1 Å². The van der Waals surface area contributed by atoms with Crippen molar-refractivity contribution in [2.24, 2.45) is 0 Å². The summed E-state index contributed by atoms with van der Waals surface area (Å²) in [6.07, 6.45) is 0. The molecule has 0 bridgehead atoms. The van der Waals surface area contributed by atoms with Crippen LogP contribution >= 0.6 is 0 Å². The second-order valence-electron chi connectivity index (χ2n) is 16.0. The predicted octanol–water partition coefficient (Wildman–Crippen LogP) is 17.2. The highest BCUT2D eigenvalue weighted by Gasteiger charge is 2.19. The molecule has 1 aromatic heterocycles. The van der Waals surface area contributed by atoms with Gasteiger partial charge in [-0.2, -0.15) is 0 Å². The molecule has 0 amide bonds. The van der Waals surface area contributed by atoms with Crippen molar-refractivity contribution in [1.29, 1.82) is 0 Å². The molecule has 1 heterocycles. The van der Waals surface area contributed by atoms with Crippen molar-refractivity contribution in [3.63, 3.8) is 0 Å². The van der Waals surface area contributed by atoms with Crippen LogP contribution in [0.4, 0.5) is 17.1 Å². The molecule has 12 aromatic rings. The minimum Gasteiger partial charge on any atom is -0.456 e. The van der Waals surface area contributed by atoms with Crippen LogP contribution in [-0.4, -0.2) is 0 Å². The second-order valence-corrected chi connectivity index (χ2v) is 16.0. The highest BCUT2D eigenvalue weighted by Crippen LogP contribution is 2.44. The number of rotatable bonds is 7. The fourth-order valence-corrected chi connectivity index (χ4v) is 9.44. The number of para-hydroxylation sites is 2. The first-order valence-electron chi connectivity index (χ1n) is 21.2. The molecule has 0 aliphatic carbocycles. The summed E-state index contributed by atoms with van der Waals surface area (Å²) >= 11 is 0. The van der Waals surface area contributed by atoms with Crippen LogP contribution in [0.25, 0.3) is 98.8 Å². The van der Waals surface area contributed by atoms with Gasteiger partial charge in [0.2, 0.25) is 0 Å². The normalized spacial score (nSPS) is 11.5. The number of fused-ring (bicyclic) bond motifs is 7. The van der Waals surface area contributed by atoms with Crippen LogP contribution in [0.3, 0.4) is 0 Å². The Morgan fingerprint density at radius 2 is 0.742 bits per heavy atom. The van der Waals surface area contributed by atoms with Gasteiger partial charge in [-0.1, -0.05) is 188 Å². The first-order valence-corrected chi connectivity index (χ1v) is 21.2. The molecule has 11 aromatic carbocycles. The van der Waals surface area contributed by atoms with Gasteiger partial charge in [-0.15, -0.1) is 0 Å². The fraction of sp³-hybridized carbons (Fsp3) is 0. The van der Waals surface area contributed by atoms with E-state index in [1.165, 1.54) is 54.6 Å². The first-order chi connectivity index (χ1) is 30.7.